The summed E-state index contributed by atoms with van der Waals surface area (Å²) in [6, 6.07) is 0.218. The fraction of sp³-hybridized carbons (Fsp3) is 0.786. The molecule has 0 radical (unpaired) electrons. The average Bonchev–Trinajstić information content (AvgIpc) is 2.87. The third-order valence-corrected chi connectivity index (χ3v) is 4.02. The predicted octanol–water partition coefficient (Wildman–Crippen LogP) is 2.32. The van der Waals surface area contributed by atoms with Gasteiger partial charge in [-0.1, -0.05) is 19.3 Å². The van der Waals surface area contributed by atoms with Gasteiger partial charge in [-0.25, -0.2) is 9.67 Å². The molecule has 0 saturated heterocycles. The standard InChI is InChI=1S/C14H23N3O2/c1-11(2)17-13(15-10-16-17)9-12(18)14(19-3)7-5-4-6-8-14/h10-11H,4-9H2,1-3H3. The van der Waals surface area contributed by atoms with E-state index in [1.54, 1.807) is 7.11 Å². The largest absolute Gasteiger partial charge is 0.370 e. The van der Waals surface area contributed by atoms with Gasteiger partial charge in [0.25, 0.3) is 0 Å². The van der Waals surface area contributed by atoms with Crippen molar-refractivity contribution in [1.82, 2.24) is 14.8 Å². The molecule has 0 N–H and O–H groups in total. The van der Waals surface area contributed by atoms with Gasteiger partial charge in [-0.15, -0.1) is 0 Å². The number of hydrogen-bond donors (Lipinski definition) is 0. The molecule has 0 aromatic carbocycles. The molecule has 1 fully saturated rings. The minimum atomic E-state index is -0.591. The molecule has 1 aliphatic rings. The molecule has 1 saturated carbocycles. The average molecular weight is 265 g/mol. The summed E-state index contributed by atoms with van der Waals surface area (Å²) in [5.41, 5.74) is -0.591. The number of nitrogens with zero attached hydrogens (tertiary/aromatic N) is 3. The number of hydrogen-bond acceptors (Lipinski definition) is 4. The van der Waals surface area contributed by atoms with E-state index in [1.165, 1.54) is 12.7 Å². The van der Waals surface area contributed by atoms with Crippen molar-refractivity contribution in [2.24, 2.45) is 0 Å². The molecular formula is C14H23N3O2. The Morgan fingerprint density at radius 2 is 2.11 bits per heavy atom. The minimum absolute atomic E-state index is 0.143. The number of aromatic nitrogens is 3. The molecule has 2 rings (SSSR count). The molecule has 1 aromatic rings. The predicted molar refractivity (Wildman–Crippen MR) is 71.9 cm³/mol. The second-order valence-electron chi connectivity index (χ2n) is 5.57. The SMILES string of the molecule is COC1(C(=O)Cc2ncnn2C(C)C)CCCCC1. The molecule has 0 amide bonds. The summed E-state index contributed by atoms with van der Waals surface area (Å²) in [4.78, 5) is 16.8. The molecule has 1 aromatic heterocycles. The second kappa shape index (κ2) is 5.82. The van der Waals surface area contributed by atoms with Crippen molar-refractivity contribution < 1.29 is 9.53 Å². The zero-order valence-corrected chi connectivity index (χ0v) is 12.1. The minimum Gasteiger partial charge on any atom is -0.370 e. The zero-order chi connectivity index (χ0) is 13.9. The number of Topliss-reactive ketones (excluding diaryl/α,β-unsaturated/α-hetero) is 1. The van der Waals surface area contributed by atoms with Crippen molar-refractivity contribution in [2.75, 3.05) is 7.11 Å². The number of carbonyl (C=O) groups excluding carboxylic acids is 1. The number of ether oxygens (including phenoxy) is 1. The molecule has 0 bridgehead atoms. The summed E-state index contributed by atoms with van der Waals surface area (Å²) in [5, 5.41) is 4.17. The lowest BCUT2D eigenvalue weighted by Gasteiger charge is -2.34. The highest BCUT2D eigenvalue weighted by atomic mass is 16.5. The first-order valence-corrected chi connectivity index (χ1v) is 7.06. The van der Waals surface area contributed by atoms with E-state index in [-0.39, 0.29) is 11.8 Å². The van der Waals surface area contributed by atoms with E-state index in [4.69, 9.17) is 4.74 Å². The smallest absolute Gasteiger partial charge is 0.172 e. The molecule has 1 aliphatic carbocycles. The van der Waals surface area contributed by atoms with Gasteiger partial charge in [0.2, 0.25) is 0 Å². The third-order valence-electron chi connectivity index (χ3n) is 4.02. The normalized spacial score (nSPS) is 18.7. The first kappa shape index (κ1) is 14.2. The lowest BCUT2D eigenvalue weighted by atomic mass is 9.80. The van der Waals surface area contributed by atoms with Crippen molar-refractivity contribution in [3.05, 3.63) is 12.2 Å². The van der Waals surface area contributed by atoms with Crippen LogP contribution in [0.25, 0.3) is 0 Å². The molecule has 19 heavy (non-hydrogen) atoms. The first-order valence-electron chi connectivity index (χ1n) is 7.06. The van der Waals surface area contributed by atoms with E-state index >= 15 is 0 Å². The van der Waals surface area contributed by atoms with Gasteiger partial charge in [-0.3, -0.25) is 4.79 Å². The van der Waals surface area contributed by atoms with Gasteiger partial charge in [-0.2, -0.15) is 5.10 Å². The monoisotopic (exact) mass is 265 g/mol. The summed E-state index contributed by atoms with van der Waals surface area (Å²) in [6.45, 7) is 4.07. The fourth-order valence-electron chi connectivity index (χ4n) is 2.86. The maximum absolute atomic E-state index is 12.6. The highest BCUT2D eigenvalue weighted by molar-refractivity contribution is 5.88. The number of methoxy groups -OCH3 is 1. The van der Waals surface area contributed by atoms with Crippen LogP contribution in [0.1, 0.15) is 57.8 Å². The molecule has 106 valence electrons. The number of ketones is 1. The fourth-order valence-corrected chi connectivity index (χ4v) is 2.86. The Morgan fingerprint density at radius 3 is 2.68 bits per heavy atom. The molecule has 5 nitrogen and oxygen atoms in total. The van der Waals surface area contributed by atoms with E-state index in [0.717, 1.165) is 31.5 Å². The molecule has 0 atom stereocenters. The highest BCUT2D eigenvalue weighted by Crippen LogP contribution is 2.32. The van der Waals surface area contributed by atoms with E-state index in [9.17, 15) is 4.79 Å². The van der Waals surface area contributed by atoms with Crippen LogP contribution in [0, 0.1) is 0 Å². The van der Waals surface area contributed by atoms with Crippen LogP contribution >= 0.6 is 0 Å². The second-order valence-corrected chi connectivity index (χ2v) is 5.57. The van der Waals surface area contributed by atoms with Crippen LogP contribution in [-0.2, 0) is 16.0 Å². The van der Waals surface area contributed by atoms with Gasteiger partial charge in [0.1, 0.15) is 17.8 Å². The van der Waals surface area contributed by atoms with E-state index in [0.29, 0.717) is 6.42 Å². The van der Waals surface area contributed by atoms with Crippen LogP contribution in [-0.4, -0.2) is 33.3 Å². The lowest BCUT2D eigenvalue weighted by molar-refractivity contribution is -0.144. The summed E-state index contributed by atoms with van der Waals surface area (Å²) < 4.78 is 7.39. The van der Waals surface area contributed by atoms with Crippen molar-refractivity contribution in [3.8, 4) is 0 Å². The Kier molecular flexibility index (Phi) is 4.34. The molecular weight excluding hydrogens is 242 g/mol. The van der Waals surface area contributed by atoms with E-state index < -0.39 is 5.60 Å². The van der Waals surface area contributed by atoms with Crippen molar-refractivity contribution >= 4 is 5.78 Å². The molecule has 0 spiro atoms. The maximum Gasteiger partial charge on any atom is 0.172 e. The van der Waals surface area contributed by atoms with Crippen molar-refractivity contribution in [1.29, 1.82) is 0 Å². The summed E-state index contributed by atoms with van der Waals surface area (Å²) >= 11 is 0. The molecule has 1 heterocycles. The van der Waals surface area contributed by atoms with Crippen molar-refractivity contribution in [3.63, 3.8) is 0 Å². The molecule has 5 heteroatoms. The van der Waals surface area contributed by atoms with Crippen LogP contribution in [0.5, 0.6) is 0 Å². The Bertz CT molecular complexity index is 434. The van der Waals surface area contributed by atoms with Gasteiger partial charge in [0.05, 0.1) is 6.42 Å². The van der Waals surface area contributed by atoms with Crippen LogP contribution in [0.15, 0.2) is 6.33 Å². The van der Waals surface area contributed by atoms with Crippen LogP contribution in [0.2, 0.25) is 0 Å². The Labute approximate surface area is 114 Å². The Hall–Kier alpha value is -1.23. The van der Waals surface area contributed by atoms with Gasteiger partial charge < -0.3 is 4.74 Å². The van der Waals surface area contributed by atoms with Crippen LogP contribution in [0.3, 0.4) is 0 Å². The van der Waals surface area contributed by atoms with Gasteiger partial charge >= 0.3 is 0 Å². The third kappa shape index (κ3) is 2.86. The number of carbonyl (C=O) groups is 1. The van der Waals surface area contributed by atoms with Crippen molar-refractivity contribution in [2.45, 2.75) is 64.0 Å². The quantitative estimate of drug-likeness (QED) is 0.820. The first-order chi connectivity index (χ1) is 9.09. The number of rotatable bonds is 5. The Balaban J connectivity index is 2.13. The van der Waals surface area contributed by atoms with Gasteiger partial charge in [0.15, 0.2) is 5.78 Å². The molecule has 0 aliphatic heterocycles. The van der Waals surface area contributed by atoms with Gasteiger partial charge in [0, 0.05) is 13.2 Å². The topological polar surface area (TPSA) is 57.0 Å². The zero-order valence-electron chi connectivity index (χ0n) is 12.1. The highest BCUT2D eigenvalue weighted by Gasteiger charge is 2.39. The Morgan fingerprint density at radius 1 is 1.42 bits per heavy atom. The van der Waals surface area contributed by atoms with Crippen LogP contribution < -0.4 is 0 Å². The lowest BCUT2D eigenvalue weighted by Crippen LogP contribution is -2.43. The van der Waals surface area contributed by atoms with Crippen LogP contribution in [0.4, 0.5) is 0 Å². The summed E-state index contributed by atoms with van der Waals surface area (Å²) in [5.74, 6) is 0.881. The van der Waals surface area contributed by atoms with E-state index in [2.05, 4.69) is 10.1 Å². The summed E-state index contributed by atoms with van der Waals surface area (Å²) in [6.07, 6.45) is 6.82. The van der Waals surface area contributed by atoms with E-state index in [1.807, 2.05) is 18.5 Å². The summed E-state index contributed by atoms with van der Waals surface area (Å²) in [7, 11) is 1.65. The maximum atomic E-state index is 12.6. The van der Waals surface area contributed by atoms with Gasteiger partial charge in [-0.05, 0) is 26.7 Å². The molecule has 0 unspecified atom stereocenters.